The number of hydrogen-bond acceptors (Lipinski definition) is 5. The van der Waals surface area contributed by atoms with Crippen LogP contribution in [0.5, 0.6) is 0 Å². The number of nitrogens with one attached hydrogen (secondary N) is 1. The summed E-state index contributed by atoms with van der Waals surface area (Å²) in [5.41, 5.74) is 5.46. The van der Waals surface area contributed by atoms with Crippen molar-refractivity contribution in [2.24, 2.45) is 5.92 Å². The van der Waals surface area contributed by atoms with Crippen molar-refractivity contribution in [3.05, 3.63) is 22.2 Å². The molecule has 0 aromatic carbocycles. The van der Waals surface area contributed by atoms with Gasteiger partial charge < -0.3 is 11.1 Å². The normalized spacial score (nSPS) is 22.4. The first-order valence-corrected chi connectivity index (χ1v) is 7.27. The standard InChI is InChI=1S/C14H22N4O2/c1-2-3-10-4-6-11(7-5-10)16-13-9-8-12(18(19)20)14(15)17-13/h8-11H,2-7H2,1H3,(H3,15,16,17). The van der Waals surface area contributed by atoms with Gasteiger partial charge in [-0.25, -0.2) is 4.98 Å². The van der Waals surface area contributed by atoms with E-state index in [2.05, 4.69) is 17.2 Å². The largest absolute Gasteiger partial charge is 0.378 e. The van der Waals surface area contributed by atoms with Crippen molar-refractivity contribution < 1.29 is 4.92 Å². The highest BCUT2D eigenvalue weighted by molar-refractivity contribution is 5.57. The first-order chi connectivity index (χ1) is 9.60. The molecular weight excluding hydrogens is 256 g/mol. The summed E-state index contributed by atoms with van der Waals surface area (Å²) in [4.78, 5) is 14.2. The summed E-state index contributed by atoms with van der Waals surface area (Å²) in [6.07, 6.45) is 7.31. The van der Waals surface area contributed by atoms with Crippen LogP contribution in [-0.2, 0) is 0 Å². The Labute approximate surface area is 118 Å². The molecule has 1 saturated carbocycles. The van der Waals surface area contributed by atoms with E-state index in [9.17, 15) is 10.1 Å². The number of nitrogen functional groups attached to an aromatic ring is 1. The maximum Gasteiger partial charge on any atom is 0.311 e. The van der Waals surface area contributed by atoms with Gasteiger partial charge in [-0.1, -0.05) is 19.8 Å². The minimum Gasteiger partial charge on any atom is -0.378 e. The van der Waals surface area contributed by atoms with Gasteiger partial charge >= 0.3 is 5.69 Å². The van der Waals surface area contributed by atoms with Crippen LogP contribution in [0.2, 0.25) is 0 Å². The molecule has 3 N–H and O–H groups in total. The lowest BCUT2D eigenvalue weighted by Crippen LogP contribution is -2.26. The summed E-state index contributed by atoms with van der Waals surface area (Å²) in [7, 11) is 0. The van der Waals surface area contributed by atoms with E-state index < -0.39 is 4.92 Å². The summed E-state index contributed by atoms with van der Waals surface area (Å²) in [6.45, 7) is 2.23. The Morgan fingerprint density at radius 2 is 2.10 bits per heavy atom. The van der Waals surface area contributed by atoms with Gasteiger partial charge in [0.05, 0.1) is 4.92 Å². The summed E-state index contributed by atoms with van der Waals surface area (Å²) < 4.78 is 0. The molecule has 0 spiro atoms. The Balaban J connectivity index is 1.91. The third-order valence-electron chi connectivity index (χ3n) is 3.99. The Bertz CT molecular complexity index is 470. The average Bonchev–Trinajstić information content (AvgIpc) is 2.41. The highest BCUT2D eigenvalue weighted by Crippen LogP contribution is 2.30. The van der Waals surface area contributed by atoms with Crippen molar-refractivity contribution in [2.75, 3.05) is 11.1 Å². The quantitative estimate of drug-likeness (QED) is 0.636. The maximum atomic E-state index is 10.7. The van der Waals surface area contributed by atoms with E-state index in [1.807, 2.05) is 0 Å². The van der Waals surface area contributed by atoms with Crippen molar-refractivity contribution in [2.45, 2.75) is 51.5 Å². The number of nitro groups is 1. The number of aromatic nitrogens is 1. The predicted octanol–water partition coefficient (Wildman–Crippen LogP) is 3.34. The van der Waals surface area contributed by atoms with Crippen LogP contribution in [0.15, 0.2) is 12.1 Å². The van der Waals surface area contributed by atoms with Gasteiger partial charge in [-0.2, -0.15) is 0 Å². The molecule has 0 saturated heterocycles. The molecule has 20 heavy (non-hydrogen) atoms. The third-order valence-corrected chi connectivity index (χ3v) is 3.99. The molecule has 110 valence electrons. The van der Waals surface area contributed by atoms with Crippen LogP contribution >= 0.6 is 0 Å². The first kappa shape index (κ1) is 14.6. The number of anilines is 2. The number of nitrogens with zero attached hydrogens (tertiary/aromatic N) is 2. The SMILES string of the molecule is CCCC1CCC(Nc2ccc([N+](=O)[O-])c(N)n2)CC1. The number of rotatable bonds is 5. The highest BCUT2D eigenvalue weighted by Gasteiger charge is 2.21. The zero-order valence-corrected chi connectivity index (χ0v) is 11.8. The third kappa shape index (κ3) is 3.59. The van der Waals surface area contributed by atoms with Crippen LogP contribution in [-0.4, -0.2) is 15.9 Å². The lowest BCUT2D eigenvalue weighted by atomic mass is 9.83. The summed E-state index contributed by atoms with van der Waals surface area (Å²) in [5, 5.41) is 14.0. The maximum absolute atomic E-state index is 10.7. The van der Waals surface area contributed by atoms with Crippen molar-refractivity contribution in [1.29, 1.82) is 0 Å². The minimum absolute atomic E-state index is 0.0281. The van der Waals surface area contributed by atoms with Crippen LogP contribution in [0.4, 0.5) is 17.3 Å². The Morgan fingerprint density at radius 3 is 2.65 bits per heavy atom. The molecule has 1 aromatic heterocycles. The molecule has 0 amide bonds. The van der Waals surface area contributed by atoms with Crippen molar-refractivity contribution in [3.8, 4) is 0 Å². The fourth-order valence-corrected chi connectivity index (χ4v) is 2.92. The fourth-order valence-electron chi connectivity index (χ4n) is 2.92. The van der Waals surface area contributed by atoms with Gasteiger partial charge in [0.1, 0.15) is 5.82 Å². The summed E-state index contributed by atoms with van der Waals surface area (Å²) >= 11 is 0. The molecule has 0 unspecified atom stereocenters. The summed E-state index contributed by atoms with van der Waals surface area (Å²) in [6, 6.07) is 3.44. The molecule has 0 bridgehead atoms. The Hall–Kier alpha value is -1.85. The van der Waals surface area contributed by atoms with E-state index in [0.717, 1.165) is 18.8 Å². The fraction of sp³-hybridized carbons (Fsp3) is 0.643. The second-order valence-electron chi connectivity index (χ2n) is 5.51. The molecule has 0 aliphatic heterocycles. The average molecular weight is 278 g/mol. The molecule has 0 radical (unpaired) electrons. The molecule has 6 nitrogen and oxygen atoms in total. The van der Waals surface area contributed by atoms with Gasteiger partial charge in [-0.05, 0) is 37.7 Å². The van der Waals surface area contributed by atoms with Crippen molar-refractivity contribution >= 4 is 17.3 Å². The van der Waals surface area contributed by atoms with Crippen LogP contribution in [0, 0.1) is 16.0 Å². The molecule has 6 heteroatoms. The van der Waals surface area contributed by atoms with E-state index in [0.29, 0.717) is 11.9 Å². The number of nitrogens with two attached hydrogens (primary N) is 1. The monoisotopic (exact) mass is 278 g/mol. The number of pyridine rings is 1. The lowest BCUT2D eigenvalue weighted by molar-refractivity contribution is -0.384. The second-order valence-corrected chi connectivity index (χ2v) is 5.51. The zero-order valence-electron chi connectivity index (χ0n) is 11.8. The molecule has 0 atom stereocenters. The van der Waals surface area contributed by atoms with Crippen molar-refractivity contribution in [3.63, 3.8) is 0 Å². The van der Waals surface area contributed by atoms with Gasteiger partial charge in [0.2, 0.25) is 5.82 Å². The van der Waals surface area contributed by atoms with E-state index in [1.54, 1.807) is 6.07 Å². The minimum atomic E-state index is -0.512. The van der Waals surface area contributed by atoms with Gasteiger partial charge in [-0.3, -0.25) is 10.1 Å². The Morgan fingerprint density at radius 1 is 1.40 bits per heavy atom. The lowest BCUT2D eigenvalue weighted by Gasteiger charge is -2.29. The molecule has 1 fully saturated rings. The smallest absolute Gasteiger partial charge is 0.311 e. The van der Waals surface area contributed by atoms with Crippen LogP contribution in [0.1, 0.15) is 45.4 Å². The molecule has 1 aliphatic carbocycles. The van der Waals surface area contributed by atoms with Gasteiger partial charge in [0.25, 0.3) is 0 Å². The van der Waals surface area contributed by atoms with Crippen LogP contribution in [0.25, 0.3) is 0 Å². The van der Waals surface area contributed by atoms with E-state index >= 15 is 0 Å². The topological polar surface area (TPSA) is 94.1 Å². The molecule has 1 aliphatic rings. The van der Waals surface area contributed by atoms with E-state index in [4.69, 9.17) is 5.73 Å². The number of hydrogen-bond donors (Lipinski definition) is 2. The highest BCUT2D eigenvalue weighted by atomic mass is 16.6. The molecule has 2 rings (SSSR count). The first-order valence-electron chi connectivity index (χ1n) is 7.27. The van der Waals surface area contributed by atoms with Gasteiger partial charge in [-0.15, -0.1) is 0 Å². The molecule has 1 heterocycles. The van der Waals surface area contributed by atoms with Crippen molar-refractivity contribution in [1.82, 2.24) is 4.98 Å². The van der Waals surface area contributed by atoms with Crippen LogP contribution < -0.4 is 11.1 Å². The van der Waals surface area contributed by atoms with Crippen LogP contribution in [0.3, 0.4) is 0 Å². The van der Waals surface area contributed by atoms with E-state index in [1.165, 1.54) is 31.7 Å². The molecule has 1 aromatic rings. The van der Waals surface area contributed by atoms with Gasteiger partial charge in [0.15, 0.2) is 0 Å². The summed E-state index contributed by atoms with van der Waals surface area (Å²) in [5.74, 6) is 1.46. The Kier molecular flexibility index (Phi) is 4.76. The predicted molar refractivity (Wildman–Crippen MR) is 79.6 cm³/mol. The molecular formula is C14H22N4O2. The van der Waals surface area contributed by atoms with Gasteiger partial charge in [0, 0.05) is 12.1 Å². The van der Waals surface area contributed by atoms with E-state index in [-0.39, 0.29) is 11.5 Å². The second kappa shape index (κ2) is 6.54. The zero-order chi connectivity index (χ0) is 14.5.